The number of aromatic nitrogens is 3. The van der Waals surface area contributed by atoms with E-state index < -0.39 is 0 Å². The van der Waals surface area contributed by atoms with Gasteiger partial charge in [0, 0.05) is 17.2 Å². The first kappa shape index (κ1) is 14.4. The van der Waals surface area contributed by atoms with Gasteiger partial charge in [0.25, 0.3) is 5.91 Å². The molecule has 1 amide bonds. The fourth-order valence-electron chi connectivity index (χ4n) is 3.66. The Labute approximate surface area is 137 Å². The third-order valence-corrected chi connectivity index (χ3v) is 4.98. The first-order chi connectivity index (χ1) is 11.1. The summed E-state index contributed by atoms with van der Waals surface area (Å²) in [6.07, 6.45) is 4.55. The molecule has 2 bridgehead atoms. The second-order valence-electron chi connectivity index (χ2n) is 6.12. The van der Waals surface area contributed by atoms with E-state index in [1.165, 1.54) is 0 Å². The molecule has 0 unspecified atom stereocenters. The van der Waals surface area contributed by atoms with Crippen LogP contribution in [0.4, 0.5) is 5.82 Å². The number of carbonyl (C=O) groups excluding carboxylic acids is 1. The highest BCUT2D eigenvalue weighted by Gasteiger charge is 2.37. The molecule has 0 atom stereocenters. The molecule has 8 heteroatoms. The van der Waals surface area contributed by atoms with Crippen LogP contribution in [0.2, 0.25) is 5.15 Å². The number of nitrogens with one attached hydrogen (secondary N) is 2. The maximum atomic E-state index is 12.1. The van der Waals surface area contributed by atoms with Crippen molar-refractivity contribution in [2.45, 2.75) is 44.4 Å². The summed E-state index contributed by atoms with van der Waals surface area (Å²) in [5.74, 6) is 1.65. The predicted molar refractivity (Wildman–Crippen MR) is 83.3 cm³/mol. The first-order valence-corrected chi connectivity index (χ1v) is 8.07. The van der Waals surface area contributed by atoms with E-state index in [0.717, 1.165) is 36.8 Å². The lowest BCUT2D eigenvalue weighted by Crippen LogP contribution is -2.33. The van der Waals surface area contributed by atoms with Crippen LogP contribution in [0.3, 0.4) is 0 Å². The lowest BCUT2D eigenvalue weighted by atomic mass is 9.67. The predicted octanol–water partition coefficient (Wildman–Crippen LogP) is 2.94. The van der Waals surface area contributed by atoms with Gasteiger partial charge in [0.05, 0.1) is 0 Å². The van der Waals surface area contributed by atoms with Crippen molar-refractivity contribution < 1.29 is 9.32 Å². The number of anilines is 1. The molecule has 3 aliphatic rings. The Morgan fingerprint density at radius 3 is 2.57 bits per heavy atom. The van der Waals surface area contributed by atoms with Gasteiger partial charge in [-0.1, -0.05) is 16.8 Å². The normalized spacial score (nSPS) is 21.8. The molecule has 3 aliphatic carbocycles. The average Bonchev–Trinajstić information content (AvgIpc) is 3.01. The number of halogens is 1. The summed E-state index contributed by atoms with van der Waals surface area (Å²) in [5.41, 5.74) is 7.89. The molecule has 2 N–H and O–H groups in total. The number of hydrogen-bond acceptors (Lipinski definition) is 6. The third kappa shape index (κ3) is 2.45. The van der Waals surface area contributed by atoms with Crippen molar-refractivity contribution >= 4 is 23.3 Å². The van der Waals surface area contributed by atoms with Crippen LogP contribution in [0.5, 0.6) is 0 Å². The van der Waals surface area contributed by atoms with Crippen LogP contribution in [0.25, 0.3) is 0 Å². The van der Waals surface area contributed by atoms with Gasteiger partial charge in [0.15, 0.2) is 16.7 Å². The van der Waals surface area contributed by atoms with Gasteiger partial charge in [0.1, 0.15) is 5.76 Å². The molecule has 0 spiro atoms. The van der Waals surface area contributed by atoms with Crippen LogP contribution in [0.1, 0.15) is 64.9 Å². The molecular weight excluding hydrogens is 318 g/mol. The molecule has 5 rings (SSSR count). The Hall–Kier alpha value is -2.15. The maximum absolute atomic E-state index is 12.1. The van der Waals surface area contributed by atoms with Crippen LogP contribution >= 0.6 is 11.6 Å². The molecule has 0 aromatic carbocycles. The summed E-state index contributed by atoms with van der Waals surface area (Å²) < 4.78 is 4.90. The zero-order valence-corrected chi connectivity index (χ0v) is 13.4. The number of hydrazine groups is 1. The molecule has 2 heterocycles. The van der Waals surface area contributed by atoms with E-state index in [0.29, 0.717) is 28.6 Å². The SMILES string of the molecule is Cc1cc(C(=O)NNc2nnc(Cl)c3c2C2CCC3CC2)no1. The lowest BCUT2D eigenvalue weighted by Gasteiger charge is -2.38. The average molecular weight is 334 g/mol. The van der Waals surface area contributed by atoms with Crippen molar-refractivity contribution in [2.24, 2.45) is 0 Å². The van der Waals surface area contributed by atoms with E-state index >= 15 is 0 Å². The number of carbonyl (C=O) groups is 1. The quantitative estimate of drug-likeness (QED) is 0.839. The maximum Gasteiger partial charge on any atom is 0.291 e. The molecule has 1 saturated carbocycles. The highest BCUT2D eigenvalue weighted by molar-refractivity contribution is 6.30. The van der Waals surface area contributed by atoms with Crippen LogP contribution in [0.15, 0.2) is 10.6 Å². The van der Waals surface area contributed by atoms with Crippen molar-refractivity contribution in [2.75, 3.05) is 5.43 Å². The molecule has 120 valence electrons. The largest absolute Gasteiger partial charge is 0.361 e. The van der Waals surface area contributed by atoms with E-state index in [1.807, 2.05) is 0 Å². The number of fused-ring (bicyclic) bond motifs is 2. The van der Waals surface area contributed by atoms with Gasteiger partial charge < -0.3 is 4.52 Å². The van der Waals surface area contributed by atoms with E-state index in [2.05, 4.69) is 26.2 Å². The van der Waals surface area contributed by atoms with Gasteiger partial charge in [-0.25, -0.2) is 0 Å². The Morgan fingerprint density at radius 2 is 1.91 bits per heavy atom. The Bertz CT molecular complexity index is 767. The van der Waals surface area contributed by atoms with Gasteiger partial charge in [0.2, 0.25) is 0 Å². The molecule has 23 heavy (non-hydrogen) atoms. The van der Waals surface area contributed by atoms with Crippen molar-refractivity contribution in [1.82, 2.24) is 20.8 Å². The third-order valence-electron chi connectivity index (χ3n) is 4.70. The summed E-state index contributed by atoms with van der Waals surface area (Å²) in [4.78, 5) is 12.1. The van der Waals surface area contributed by atoms with Crippen molar-refractivity contribution in [3.63, 3.8) is 0 Å². The second kappa shape index (κ2) is 5.49. The summed E-state index contributed by atoms with van der Waals surface area (Å²) in [6.45, 7) is 1.73. The van der Waals surface area contributed by atoms with Crippen LogP contribution in [-0.2, 0) is 0 Å². The molecular formula is C15H16ClN5O2. The minimum absolute atomic E-state index is 0.215. The molecule has 0 radical (unpaired) electrons. The van der Waals surface area contributed by atoms with Crippen molar-refractivity contribution in [3.05, 3.63) is 33.8 Å². The van der Waals surface area contributed by atoms with Crippen LogP contribution < -0.4 is 10.9 Å². The Balaban J connectivity index is 1.59. The summed E-state index contributed by atoms with van der Waals surface area (Å²) in [6, 6.07) is 1.57. The zero-order valence-electron chi connectivity index (χ0n) is 12.6. The monoisotopic (exact) mass is 333 g/mol. The smallest absolute Gasteiger partial charge is 0.291 e. The van der Waals surface area contributed by atoms with E-state index in [9.17, 15) is 4.79 Å². The van der Waals surface area contributed by atoms with Crippen molar-refractivity contribution in [3.8, 4) is 0 Å². The molecule has 7 nitrogen and oxygen atoms in total. The van der Waals surface area contributed by atoms with Gasteiger partial charge in [-0.15, -0.1) is 10.2 Å². The first-order valence-electron chi connectivity index (χ1n) is 7.69. The van der Waals surface area contributed by atoms with Gasteiger partial charge in [-0.3, -0.25) is 15.6 Å². The number of aryl methyl sites for hydroxylation is 1. The Kier molecular flexibility index (Phi) is 3.45. The van der Waals surface area contributed by atoms with Gasteiger partial charge in [-0.05, 0) is 44.4 Å². The van der Waals surface area contributed by atoms with Gasteiger partial charge >= 0.3 is 0 Å². The van der Waals surface area contributed by atoms with Gasteiger partial charge in [-0.2, -0.15) is 0 Å². The fraction of sp³-hybridized carbons (Fsp3) is 0.467. The van der Waals surface area contributed by atoms with Crippen LogP contribution in [-0.4, -0.2) is 21.3 Å². The summed E-state index contributed by atoms with van der Waals surface area (Å²) in [7, 11) is 0. The molecule has 0 aliphatic heterocycles. The minimum Gasteiger partial charge on any atom is -0.361 e. The molecule has 2 aromatic heterocycles. The van der Waals surface area contributed by atoms with Crippen LogP contribution in [0, 0.1) is 6.92 Å². The Morgan fingerprint density at radius 1 is 1.22 bits per heavy atom. The second-order valence-corrected chi connectivity index (χ2v) is 6.48. The van der Waals surface area contributed by atoms with E-state index in [1.54, 1.807) is 13.0 Å². The summed E-state index contributed by atoms with van der Waals surface area (Å²) >= 11 is 6.26. The molecule has 2 aromatic rings. The number of rotatable bonds is 3. The zero-order chi connectivity index (χ0) is 16.0. The fourth-order valence-corrected chi connectivity index (χ4v) is 3.95. The standard InChI is InChI=1S/C15H16ClN5O2/c1-7-6-10(21-23-7)15(22)20-19-14-12-9-4-2-8(3-5-9)11(12)13(16)17-18-14/h6,8-9H,2-5H2,1H3,(H,18,19)(H,20,22). The highest BCUT2D eigenvalue weighted by atomic mass is 35.5. The lowest BCUT2D eigenvalue weighted by molar-refractivity contribution is 0.0953. The number of amides is 1. The molecule has 1 fully saturated rings. The molecule has 0 saturated heterocycles. The number of hydrogen-bond donors (Lipinski definition) is 2. The van der Waals surface area contributed by atoms with E-state index in [-0.39, 0.29) is 11.6 Å². The van der Waals surface area contributed by atoms with Crippen molar-refractivity contribution in [1.29, 1.82) is 0 Å². The minimum atomic E-state index is -0.381. The topological polar surface area (TPSA) is 92.9 Å². The summed E-state index contributed by atoms with van der Waals surface area (Å²) in [5, 5.41) is 12.3. The number of nitrogens with zero attached hydrogens (tertiary/aromatic N) is 3. The highest BCUT2D eigenvalue weighted by Crippen LogP contribution is 2.52. The van der Waals surface area contributed by atoms with E-state index in [4.69, 9.17) is 16.1 Å².